The Labute approximate surface area is 437 Å². The summed E-state index contributed by atoms with van der Waals surface area (Å²) in [4.78, 5) is 15.3. The minimum absolute atomic E-state index is 0.393. The number of hydrogen-bond donors (Lipinski definition) is 0. The summed E-state index contributed by atoms with van der Waals surface area (Å²) in [6.07, 6.45) is -4.62. The maximum absolute atomic E-state index is 15.2. The molecule has 0 radical (unpaired) electrons. The first-order chi connectivity index (χ1) is 36.9. The van der Waals surface area contributed by atoms with Crippen LogP contribution >= 0.6 is 0 Å². The largest absolute Gasteiger partial charge is 0.416 e. The van der Waals surface area contributed by atoms with E-state index in [4.69, 9.17) is 15.0 Å². The standard InChI is InChI=1S/C68H48F3N5/c1-41-31-42(2)34-50(33-41)47-24-29-61-57(37-47)53-19-11-13-21-59(53)75(61)63-39-49(67-73-65(45-15-7-5-8-16-45)72-66(74-67)46-17-9-6-10-18-46)23-27-55(63)56-28-26-52(68(69,70)71)40-64(56)76-60-22-14-12-20-54(60)58-38-48(25-30-62(58)76)51-35-43(3)32-44(4)36-51/h5-40H,1-4H3. The Kier molecular flexibility index (Phi) is 11.1. The highest BCUT2D eigenvalue weighted by Gasteiger charge is 2.33. The molecule has 8 heteroatoms. The van der Waals surface area contributed by atoms with E-state index in [9.17, 15) is 0 Å². The molecule has 0 saturated heterocycles. The Morgan fingerprint density at radius 2 is 0.684 bits per heavy atom. The zero-order chi connectivity index (χ0) is 51.8. The average Bonchev–Trinajstić information content (AvgIpc) is 4.05. The van der Waals surface area contributed by atoms with Gasteiger partial charge >= 0.3 is 6.18 Å². The summed E-state index contributed by atoms with van der Waals surface area (Å²) in [5, 5.41) is 3.94. The number of fused-ring (bicyclic) bond motifs is 6. The molecule has 0 unspecified atom stereocenters. The van der Waals surface area contributed by atoms with E-state index in [1.54, 1.807) is 6.07 Å². The number of hydrogen-bond acceptors (Lipinski definition) is 3. The monoisotopic (exact) mass is 991 g/mol. The lowest BCUT2D eigenvalue weighted by molar-refractivity contribution is -0.137. The van der Waals surface area contributed by atoms with Crippen molar-refractivity contribution in [1.29, 1.82) is 0 Å². The van der Waals surface area contributed by atoms with Crippen molar-refractivity contribution < 1.29 is 13.2 Å². The highest BCUT2D eigenvalue weighted by atomic mass is 19.4. The first-order valence-electron chi connectivity index (χ1n) is 25.4. The van der Waals surface area contributed by atoms with Gasteiger partial charge in [0.15, 0.2) is 17.5 Å². The Morgan fingerprint density at radius 1 is 0.303 bits per heavy atom. The first-order valence-corrected chi connectivity index (χ1v) is 25.4. The van der Waals surface area contributed by atoms with Crippen LogP contribution in [0.3, 0.4) is 0 Å². The molecule has 0 spiro atoms. The van der Waals surface area contributed by atoms with Gasteiger partial charge < -0.3 is 9.13 Å². The van der Waals surface area contributed by atoms with Crippen LogP contribution in [0.4, 0.5) is 13.2 Å². The molecular formula is C68H48F3N5. The maximum atomic E-state index is 15.2. The predicted octanol–water partition coefficient (Wildman–Crippen LogP) is 18.3. The number of aromatic nitrogens is 5. The molecule has 3 aromatic heterocycles. The van der Waals surface area contributed by atoms with Gasteiger partial charge in [-0.3, -0.25) is 0 Å². The molecule has 5 nitrogen and oxygen atoms in total. The lowest BCUT2D eigenvalue weighted by atomic mass is 9.96. The second kappa shape index (κ2) is 18.2. The van der Waals surface area contributed by atoms with Crippen molar-refractivity contribution in [3.8, 4) is 78.9 Å². The molecule has 0 fully saturated rings. The first kappa shape index (κ1) is 46.4. The molecule has 13 rings (SSSR count). The third-order valence-corrected chi connectivity index (χ3v) is 14.5. The van der Waals surface area contributed by atoms with Crippen LogP contribution in [0.15, 0.2) is 218 Å². The number of para-hydroxylation sites is 2. The van der Waals surface area contributed by atoms with E-state index >= 15 is 13.2 Å². The Balaban J connectivity index is 1.11. The highest BCUT2D eigenvalue weighted by molar-refractivity contribution is 6.13. The zero-order valence-corrected chi connectivity index (χ0v) is 42.2. The number of rotatable bonds is 8. The molecule has 3 heterocycles. The third-order valence-electron chi connectivity index (χ3n) is 14.5. The SMILES string of the molecule is Cc1cc(C)cc(-c2ccc3c(c2)c2ccccc2n3-c2cc(-c3nc(-c4ccccc4)nc(-c4ccccc4)n3)ccc2-c2ccc(C(F)(F)F)cc2-n2c3ccccc3c3cc(-c4cc(C)cc(C)c4)ccc32)c1. The smallest absolute Gasteiger partial charge is 0.309 e. The summed E-state index contributed by atoms with van der Waals surface area (Å²) in [5.74, 6) is 1.49. The lowest BCUT2D eigenvalue weighted by Crippen LogP contribution is -2.08. The summed E-state index contributed by atoms with van der Waals surface area (Å²) >= 11 is 0. The van der Waals surface area contributed by atoms with Gasteiger partial charge in [-0.25, -0.2) is 15.0 Å². The van der Waals surface area contributed by atoms with Crippen LogP contribution in [0.2, 0.25) is 0 Å². The molecule has 0 saturated carbocycles. The van der Waals surface area contributed by atoms with Gasteiger partial charge in [0.25, 0.3) is 0 Å². The van der Waals surface area contributed by atoms with Crippen LogP contribution in [-0.4, -0.2) is 24.1 Å². The minimum atomic E-state index is -4.62. The van der Waals surface area contributed by atoms with Gasteiger partial charge in [0.05, 0.1) is 39.0 Å². The molecule has 76 heavy (non-hydrogen) atoms. The van der Waals surface area contributed by atoms with Crippen molar-refractivity contribution in [2.75, 3.05) is 0 Å². The van der Waals surface area contributed by atoms with Gasteiger partial charge in [0.1, 0.15) is 0 Å². The summed E-state index contributed by atoms with van der Waals surface area (Å²) < 4.78 is 50.0. The molecule has 0 aliphatic rings. The molecule has 10 aromatic carbocycles. The van der Waals surface area contributed by atoms with Gasteiger partial charge in [-0.05, 0) is 105 Å². The number of halogens is 3. The zero-order valence-electron chi connectivity index (χ0n) is 42.2. The maximum Gasteiger partial charge on any atom is 0.416 e. The van der Waals surface area contributed by atoms with Crippen molar-refractivity contribution in [2.45, 2.75) is 33.9 Å². The summed E-state index contributed by atoms with van der Waals surface area (Å²) in [7, 11) is 0. The van der Waals surface area contributed by atoms with Crippen molar-refractivity contribution in [2.24, 2.45) is 0 Å². The molecule has 0 amide bonds. The van der Waals surface area contributed by atoms with Crippen molar-refractivity contribution in [3.63, 3.8) is 0 Å². The van der Waals surface area contributed by atoms with Crippen LogP contribution in [0.25, 0.3) is 123 Å². The van der Waals surface area contributed by atoms with E-state index in [0.717, 1.165) is 93.8 Å². The van der Waals surface area contributed by atoms with Gasteiger partial charge in [0, 0.05) is 49.4 Å². The molecule has 0 N–H and O–H groups in total. The fourth-order valence-electron chi connectivity index (χ4n) is 11.2. The molecule has 0 bridgehead atoms. The van der Waals surface area contributed by atoms with Crippen LogP contribution in [-0.2, 0) is 6.18 Å². The molecule has 0 aliphatic heterocycles. The van der Waals surface area contributed by atoms with Gasteiger partial charge in [-0.2, -0.15) is 13.2 Å². The van der Waals surface area contributed by atoms with E-state index in [0.29, 0.717) is 39.9 Å². The molecular weight excluding hydrogens is 944 g/mol. The van der Waals surface area contributed by atoms with Crippen LogP contribution in [0.5, 0.6) is 0 Å². The van der Waals surface area contributed by atoms with Gasteiger partial charge in [-0.1, -0.05) is 186 Å². The summed E-state index contributed by atoms with van der Waals surface area (Å²) in [5.41, 5.74) is 16.5. The fraction of sp³-hybridized carbons (Fsp3) is 0.0735. The Bertz CT molecular complexity index is 4340. The van der Waals surface area contributed by atoms with E-state index < -0.39 is 11.7 Å². The lowest BCUT2D eigenvalue weighted by Gasteiger charge is -2.21. The van der Waals surface area contributed by atoms with E-state index in [-0.39, 0.29) is 0 Å². The van der Waals surface area contributed by atoms with E-state index in [1.165, 1.54) is 23.3 Å². The Hall–Kier alpha value is -9.40. The number of aryl methyl sites for hydroxylation is 4. The predicted molar refractivity (Wildman–Crippen MR) is 305 cm³/mol. The topological polar surface area (TPSA) is 48.5 Å². The molecule has 0 atom stereocenters. The fourth-order valence-corrected chi connectivity index (χ4v) is 11.2. The highest BCUT2D eigenvalue weighted by Crippen LogP contribution is 2.45. The van der Waals surface area contributed by atoms with Crippen LogP contribution in [0, 0.1) is 27.7 Å². The third kappa shape index (κ3) is 8.19. The van der Waals surface area contributed by atoms with Gasteiger partial charge in [0.2, 0.25) is 0 Å². The second-order valence-electron chi connectivity index (χ2n) is 19.9. The van der Waals surface area contributed by atoms with Crippen molar-refractivity contribution >= 4 is 43.6 Å². The minimum Gasteiger partial charge on any atom is -0.309 e. The second-order valence-corrected chi connectivity index (χ2v) is 19.9. The normalized spacial score (nSPS) is 11.9. The molecule has 13 aromatic rings. The average molecular weight is 992 g/mol. The van der Waals surface area contributed by atoms with Crippen LogP contribution < -0.4 is 0 Å². The number of alkyl halides is 3. The summed E-state index contributed by atoms with van der Waals surface area (Å²) in [6, 6.07) is 72.2. The van der Waals surface area contributed by atoms with Crippen LogP contribution in [0.1, 0.15) is 27.8 Å². The van der Waals surface area contributed by atoms with E-state index in [2.05, 4.69) is 129 Å². The molecule has 0 aliphatic carbocycles. The molecule has 366 valence electrons. The van der Waals surface area contributed by atoms with E-state index in [1.807, 2.05) is 108 Å². The number of nitrogens with zero attached hydrogens (tertiary/aromatic N) is 5. The van der Waals surface area contributed by atoms with Crippen molar-refractivity contribution in [1.82, 2.24) is 24.1 Å². The van der Waals surface area contributed by atoms with Crippen molar-refractivity contribution in [3.05, 3.63) is 246 Å². The summed E-state index contributed by atoms with van der Waals surface area (Å²) in [6.45, 7) is 8.42. The number of benzene rings is 10. The van der Waals surface area contributed by atoms with Gasteiger partial charge in [-0.15, -0.1) is 0 Å². The Morgan fingerprint density at radius 3 is 1.14 bits per heavy atom. The quantitative estimate of drug-likeness (QED) is 0.152.